The van der Waals surface area contributed by atoms with Crippen LogP contribution in [0.4, 0.5) is 0 Å². The van der Waals surface area contributed by atoms with Crippen LogP contribution >= 0.6 is 0 Å². The summed E-state index contributed by atoms with van der Waals surface area (Å²) in [6.07, 6.45) is 5.51. The molecule has 0 aliphatic carbocycles. The molecule has 1 N–H and O–H groups in total. The van der Waals surface area contributed by atoms with Crippen molar-refractivity contribution in [1.29, 1.82) is 0 Å². The summed E-state index contributed by atoms with van der Waals surface area (Å²) in [5, 5.41) is 10.6. The lowest BCUT2D eigenvalue weighted by Crippen LogP contribution is -2.31. The summed E-state index contributed by atoms with van der Waals surface area (Å²) < 4.78 is 6.79. The lowest BCUT2D eigenvalue weighted by atomic mass is 10.2. The van der Waals surface area contributed by atoms with Gasteiger partial charge in [-0.1, -0.05) is 13.0 Å². The monoisotopic (exact) mass is 339 g/mol. The van der Waals surface area contributed by atoms with Crippen LogP contribution in [0.2, 0.25) is 0 Å². The van der Waals surface area contributed by atoms with Crippen molar-refractivity contribution in [2.24, 2.45) is 0 Å². The molecule has 0 saturated carbocycles. The third-order valence-electron chi connectivity index (χ3n) is 3.53. The van der Waals surface area contributed by atoms with Gasteiger partial charge >= 0.3 is 0 Å². The van der Waals surface area contributed by atoms with E-state index in [2.05, 4.69) is 20.5 Å². The second kappa shape index (κ2) is 7.52. The summed E-state index contributed by atoms with van der Waals surface area (Å²) in [5.74, 6) is 0.561. The summed E-state index contributed by atoms with van der Waals surface area (Å²) >= 11 is 0. The standard InChI is InChI=1S/C17H17N5O3/c1-2-15-20-21-17(25-15)13-5-6-16(24)22(10-13)11-14(23)19-9-12-4-3-7-18-8-12/h3-8,10H,2,9,11H2,1H3,(H,19,23). The first-order valence-electron chi connectivity index (χ1n) is 7.84. The molecule has 128 valence electrons. The average Bonchev–Trinajstić information content (AvgIpc) is 3.12. The van der Waals surface area contributed by atoms with Gasteiger partial charge in [-0.15, -0.1) is 10.2 Å². The van der Waals surface area contributed by atoms with Crippen molar-refractivity contribution in [1.82, 2.24) is 25.1 Å². The van der Waals surface area contributed by atoms with Gasteiger partial charge in [-0.05, 0) is 17.7 Å². The molecule has 0 aliphatic heterocycles. The molecule has 8 heteroatoms. The molecule has 0 bridgehead atoms. The Kier molecular flexibility index (Phi) is 4.98. The Morgan fingerprint density at radius 1 is 1.28 bits per heavy atom. The van der Waals surface area contributed by atoms with E-state index in [0.717, 1.165) is 5.56 Å². The zero-order chi connectivity index (χ0) is 17.6. The molecule has 25 heavy (non-hydrogen) atoms. The maximum Gasteiger partial charge on any atom is 0.251 e. The molecule has 0 radical (unpaired) electrons. The van der Waals surface area contributed by atoms with Gasteiger partial charge in [0.1, 0.15) is 6.54 Å². The van der Waals surface area contributed by atoms with E-state index in [1.165, 1.54) is 10.6 Å². The Labute approximate surface area is 143 Å². The number of aromatic nitrogens is 4. The van der Waals surface area contributed by atoms with Crippen molar-refractivity contribution in [3.05, 3.63) is 64.7 Å². The Hall–Kier alpha value is -3.29. The second-order valence-electron chi connectivity index (χ2n) is 5.38. The summed E-state index contributed by atoms with van der Waals surface area (Å²) in [6, 6.07) is 6.63. The fraction of sp³-hybridized carbons (Fsp3) is 0.235. The number of rotatable bonds is 6. The number of nitrogens with zero attached hydrogens (tertiary/aromatic N) is 4. The molecule has 0 fully saturated rings. The number of carbonyl (C=O) groups is 1. The van der Waals surface area contributed by atoms with Crippen LogP contribution in [0.5, 0.6) is 0 Å². The van der Waals surface area contributed by atoms with Crippen LogP contribution in [0.25, 0.3) is 11.5 Å². The quantitative estimate of drug-likeness (QED) is 0.723. The van der Waals surface area contributed by atoms with Crippen molar-refractivity contribution in [2.45, 2.75) is 26.4 Å². The summed E-state index contributed by atoms with van der Waals surface area (Å²) in [5.41, 5.74) is 1.19. The van der Waals surface area contributed by atoms with Crippen molar-refractivity contribution in [2.75, 3.05) is 0 Å². The highest BCUT2D eigenvalue weighted by Crippen LogP contribution is 2.16. The van der Waals surface area contributed by atoms with E-state index in [1.807, 2.05) is 13.0 Å². The minimum Gasteiger partial charge on any atom is -0.421 e. The van der Waals surface area contributed by atoms with Crippen LogP contribution < -0.4 is 10.9 Å². The first-order chi connectivity index (χ1) is 12.2. The Bertz CT molecular complexity index is 917. The Morgan fingerprint density at radius 3 is 2.88 bits per heavy atom. The lowest BCUT2D eigenvalue weighted by molar-refractivity contribution is -0.121. The van der Waals surface area contributed by atoms with Gasteiger partial charge in [0.2, 0.25) is 17.7 Å². The topological polar surface area (TPSA) is 103 Å². The molecular formula is C17H17N5O3. The highest BCUT2D eigenvalue weighted by Gasteiger charge is 2.11. The fourth-order valence-corrected chi connectivity index (χ4v) is 2.21. The molecule has 3 rings (SSSR count). The van der Waals surface area contributed by atoms with Crippen LogP contribution in [0.1, 0.15) is 18.4 Å². The summed E-state index contributed by atoms with van der Waals surface area (Å²) in [4.78, 5) is 28.1. The van der Waals surface area contributed by atoms with Crippen LogP contribution in [0, 0.1) is 0 Å². The van der Waals surface area contributed by atoms with Crippen molar-refractivity contribution in [3.63, 3.8) is 0 Å². The summed E-state index contributed by atoms with van der Waals surface area (Å²) in [6.45, 7) is 2.16. The third-order valence-corrected chi connectivity index (χ3v) is 3.53. The number of nitrogens with one attached hydrogen (secondary N) is 1. The van der Waals surface area contributed by atoms with E-state index in [-0.39, 0.29) is 18.0 Å². The van der Waals surface area contributed by atoms with Crippen LogP contribution in [0.15, 0.2) is 52.1 Å². The molecule has 0 aliphatic rings. The number of amides is 1. The van der Waals surface area contributed by atoms with Gasteiger partial charge in [0, 0.05) is 37.6 Å². The summed E-state index contributed by atoms with van der Waals surface area (Å²) in [7, 11) is 0. The first-order valence-corrected chi connectivity index (χ1v) is 7.84. The predicted octanol–water partition coefficient (Wildman–Crippen LogP) is 1.17. The van der Waals surface area contributed by atoms with Crippen molar-refractivity contribution >= 4 is 5.91 Å². The minimum absolute atomic E-state index is 0.0955. The number of pyridine rings is 2. The van der Waals surface area contributed by atoms with E-state index in [4.69, 9.17) is 4.42 Å². The molecule has 0 aromatic carbocycles. The number of hydrogen-bond acceptors (Lipinski definition) is 6. The minimum atomic E-state index is -0.282. The zero-order valence-electron chi connectivity index (χ0n) is 13.7. The SMILES string of the molecule is CCc1nnc(-c2ccc(=O)n(CC(=O)NCc3cccnc3)c2)o1. The molecule has 1 amide bonds. The van der Waals surface area contributed by atoms with E-state index in [1.54, 1.807) is 30.7 Å². The number of aryl methyl sites for hydroxylation is 1. The molecular weight excluding hydrogens is 322 g/mol. The number of hydrogen-bond donors (Lipinski definition) is 1. The van der Waals surface area contributed by atoms with Gasteiger partial charge in [-0.3, -0.25) is 14.6 Å². The largest absolute Gasteiger partial charge is 0.421 e. The van der Waals surface area contributed by atoms with E-state index in [0.29, 0.717) is 30.3 Å². The van der Waals surface area contributed by atoms with Gasteiger partial charge in [0.25, 0.3) is 5.56 Å². The second-order valence-corrected chi connectivity index (χ2v) is 5.38. The van der Waals surface area contributed by atoms with E-state index in [9.17, 15) is 9.59 Å². The maximum atomic E-state index is 12.1. The molecule has 0 atom stereocenters. The number of carbonyl (C=O) groups excluding carboxylic acids is 1. The van der Waals surface area contributed by atoms with Gasteiger partial charge in [0.05, 0.1) is 5.56 Å². The molecule has 3 heterocycles. The van der Waals surface area contributed by atoms with Gasteiger partial charge in [-0.25, -0.2) is 0 Å². The van der Waals surface area contributed by atoms with Gasteiger partial charge in [-0.2, -0.15) is 0 Å². The third kappa shape index (κ3) is 4.17. The van der Waals surface area contributed by atoms with Crippen molar-refractivity contribution in [3.8, 4) is 11.5 Å². The molecule has 0 spiro atoms. The fourth-order valence-electron chi connectivity index (χ4n) is 2.21. The lowest BCUT2D eigenvalue weighted by Gasteiger charge is -2.08. The van der Waals surface area contributed by atoms with Crippen molar-refractivity contribution < 1.29 is 9.21 Å². The van der Waals surface area contributed by atoms with E-state index >= 15 is 0 Å². The van der Waals surface area contributed by atoms with E-state index < -0.39 is 0 Å². The predicted molar refractivity (Wildman–Crippen MR) is 89.5 cm³/mol. The molecule has 0 unspecified atom stereocenters. The molecule has 3 aromatic heterocycles. The molecule has 8 nitrogen and oxygen atoms in total. The Morgan fingerprint density at radius 2 is 2.16 bits per heavy atom. The first kappa shape index (κ1) is 16.6. The molecule has 3 aromatic rings. The maximum absolute atomic E-state index is 12.1. The zero-order valence-corrected chi connectivity index (χ0v) is 13.7. The highest BCUT2D eigenvalue weighted by molar-refractivity contribution is 5.75. The smallest absolute Gasteiger partial charge is 0.251 e. The van der Waals surface area contributed by atoms with Gasteiger partial charge < -0.3 is 14.3 Å². The highest BCUT2D eigenvalue weighted by atomic mass is 16.4. The van der Waals surface area contributed by atoms with Gasteiger partial charge in [0.15, 0.2) is 0 Å². The normalized spacial score (nSPS) is 10.6. The van der Waals surface area contributed by atoms with Crippen LogP contribution in [-0.4, -0.2) is 25.7 Å². The van der Waals surface area contributed by atoms with Crippen LogP contribution in [-0.2, 0) is 24.3 Å². The Balaban J connectivity index is 1.70. The average molecular weight is 339 g/mol. The van der Waals surface area contributed by atoms with Crippen LogP contribution in [0.3, 0.4) is 0 Å². The molecule has 0 saturated heterocycles.